The van der Waals surface area contributed by atoms with Gasteiger partial charge in [0.05, 0.1) is 0 Å². The predicted octanol–water partition coefficient (Wildman–Crippen LogP) is 1.10. The van der Waals surface area contributed by atoms with Gasteiger partial charge in [0, 0.05) is 19.6 Å². The molecular formula is C11H23N3O2. The second-order valence-corrected chi connectivity index (χ2v) is 5.32. The van der Waals surface area contributed by atoms with Crippen molar-refractivity contribution >= 4 is 6.09 Å². The average Bonchev–Trinajstić information content (AvgIpc) is 2.60. The standard InChI is InChI=1S/C11H23N3O2/c1-11(2,3)16-10(15)14-7-5-9(8-14)4-6-13-12/h9,13H,4-8,12H2,1-3H3. The van der Waals surface area contributed by atoms with Gasteiger partial charge in [-0.25, -0.2) is 4.79 Å². The lowest BCUT2D eigenvalue weighted by Gasteiger charge is -2.24. The first kappa shape index (κ1) is 13.3. The molecule has 1 heterocycles. The van der Waals surface area contributed by atoms with Crippen LogP contribution in [0.15, 0.2) is 0 Å². The van der Waals surface area contributed by atoms with Crippen LogP contribution in [0.4, 0.5) is 4.79 Å². The third-order valence-corrected chi connectivity index (χ3v) is 2.63. The average molecular weight is 229 g/mol. The molecule has 5 nitrogen and oxygen atoms in total. The Morgan fingerprint density at radius 3 is 2.81 bits per heavy atom. The topological polar surface area (TPSA) is 67.6 Å². The van der Waals surface area contributed by atoms with Crippen LogP contribution in [0.3, 0.4) is 0 Å². The fourth-order valence-electron chi connectivity index (χ4n) is 1.85. The zero-order valence-electron chi connectivity index (χ0n) is 10.5. The number of rotatable bonds is 3. The van der Waals surface area contributed by atoms with E-state index in [-0.39, 0.29) is 6.09 Å². The van der Waals surface area contributed by atoms with Crippen LogP contribution in [0.2, 0.25) is 0 Å². The highest BCUT2D eigenvalue weighted by Gasteiger charge is 2.29. The van der Waals surface area contributed by atoms with Gasteiger partial charge in [-0.1, -0.05) is 0 Å². The number of hydrogen-bond donors (Lipinski definition) is 2. The summed E-state index contributed by atoms with van der Waals surface area (Å²) < 4.78 is 5.32. The molecule has 0 aromatic heterocycles. The molecule has 16 heavy (non-hydrogen) atoms. The molecule has 0 spiro atoms. The molecule has 5 heteroatoms. The van der Waals surface area contributed by atoms with Crippen LogP contribution in [0, 0.1) is 5.92 Å². The molecule has 1 aliphatic rings. The Bertz CT molecular complexity index is 238. The molecule has 1 saturated heterocycles. The van der Waals surface area contributed by atoms with Crippen molar-refractivity contribution in [2.75, 3.05) is 19.6 Å². The summed E-state index contributed by atoms with van der Waals surface area (Å²) in [6.45, 7) is 8.04. The van der Waals surface area contributed by atoms with E-state index >= 15 is 0 Å². The van der Waals surface area contributed by atoms with E-state index in [0.29, 0.717) is 5.92 Å². The number of ether oxygens (including phenoxy) is 1. The second kappa shape index (κ2) is 5.50. The van der Waals surface area contributed by atoms with E-state index in [4.69, 9.17) is 10.6 Å². The summed E-state index contributed by atoms with van der Waals surface area (Å²) in [6, 6.07) is 0. The van der Waals surface area contributed by atoms with Crippen LogP contribution in [0.25, 0.3) is 0 Å². The number of amides is 1. The molecule has 0 aromatic rings. The Balaban J connectivity index is 2.32. The van der Waals surface area contributed by atoms with E-state index in [9.17, 15) is 4.79 Å². The van der Waals surface area contributed by atoms with Crippen molar-refractivity contribution in [3.05, 3.63) is 0 Å². The monoisotopic (exact) mass is 229 g/mol. The first-order chi connectivity index (χ1) is 7.42. The second-order valence-electron chi connectivity index (χ2n) is 5.32. The maximum atomic E-state index is 11.7. The first-order valence-corrected chi connectivity index (χ1v) is 5.84. The van der Waals surface area contributed by atoms with Crippen molar-refractivity contribution in [2.24, 2.45) is 11.8 Å². The van der Waals surface area contributed by atoms with E-state index in [0.717, 1.165) is 32.5 Å². The summed E-state index contributed by atoms with van der Waals surface area (Å²) in [4.78, 5) is 13.5. The van der Waals surface area contributed by atoms with Crippen LogP contribution in [0.5, 0.6) is 0 Å². The largest absolute Gasteiger partial charge is 0.444 e. The van der Waals surface area contributed by atoms with Crippen molar-refractivity contribution in [1.29, 1.82) is 0 Å². The summed E-state index contributed by atoms with van der Waals surface area (Å²) in [5, 5.41) is 0. The molecular weight excluding hydrogens is 206 g/mol. The van der Waals surface area contributed by atoms with Gasteiger partial charge in [-0.05, 0) is 39.5 Å². The lowest BCUT2D eigenvalue weighted by Crippen LogP contribution is -2.35. The van der Waals surface area contributed by atoms with Gasteiger partial charge < -0.3 is 9.64 Å². The number of hydrogen-bond acceptors (Lipinski definition) is 4. The lowest BCUT2D eigenvalue weighted by molar-refractivity contribution is 0.0287. The Morgan fingerprint density at radius 1 is 1.56 bits per heavy atom. The normalized spacial score (nSPS) is 21.2. The van der Waals surface area contributed by atoms with E-state index < -0.39 is 5.60 Å². The minimum absolute atomic E-state index is 0.198. The molecule has 0 aliphatic carbocycles. The van der Waals surface area contributed by atoms with Gasteiger partial charge in [0.1, 0.15) is 5.60 Å². The van der Waals surface area contributed by atoms with Crippen molar-refractivity contribution in [3.8, 4) is 0 Å². The van der Waals surface area contributed by atoms with Crippen LogP contribution in [0.1, 0.15) is 33.6 Å². The predicted molar refractivity (Wildman–Crippen MR) is 62.7 cm³/mol. The quantitative estimate of drug-likeness (QED) is 0.561. The summed E-state index contributed by atoms with van der Waals surface area (Å²) in [5.41, 5.74) is 2.23. The molecule has 3 N–H and O–H groups in total. The molecule has 0 aromatic carbocycles. The third-order valence-electron chi connectivity index (χ3n) is 2.63. The maximum absolute atomic E-state index is 11.7. The molecule has 1 amide bonds. The number of carbonyl (C=O) groups is 1. The first-order valence-electron chi connectivity index (χ1n) is 5.84. The van der Waals surface area contributed by atoms with Gasteiger partial charge in [0.2, 0.25) is 0 Å². The fourth-order valence-corrected chi connectivity index (χ4v) is 1.85. The van der Waals surface area contributed by atoms with Crippen LogP contribution >= 0.6 is 0 Å². The van der Waals surface area contributed by atoms with Crippen molar-refractivity contribution in [2.45, 2.75) is 39.2 Å². The van der Waals surface area contributed by atoms with Gasteiger partial charge in [-0.15, -0.1) is 0 Å². The van der Waals surface area contributed by atoms with Gasteiger partial charge in [-0.3, -0.25) is 11.3 Å². The van der Waals surface area contributed by atoms with Crippen molar-refractivity contribution < 1.29 is 9.53 Å². The zero-order chi connectivity index (χ0) is 12.2. The lowest BCUT2D eigenvalue weighted by atomic mass is 10.1. The Morgan fingerprint density at radius 2 is 2.25 bits per heavy atom. The smallest absolute Gasteiger partial charge is 0.410 e. The molecule has 1 fully saturated rings. The minimum atomic E-state index is -0.409. The highest BCUT2D eigenvalue weighted by molar-refractivity contribution is 5.68. The van der Waals surface area contributed by atoms with Gasteiger partial charge in [-0.2, -0.15) is 0 Å². The number of nitrogens with one attached hydrogen (secondary N) is 1. The SMILES string of the molecule is CC(C)(C)OC(=O)N1CCC(CCNN)C1. The number of hydrazine groups is 1. The summed E-state index contributed by atoms with van der Waals surface area (Å²) >= 11 is 0. The molecule has 1 aliphatic heterocycles. The van der Waals surface area contributed by atoms with Crippen LogP contribution in [-0.4, -0.2) is 36.2 Å². The fraction of sp³-hybridized carbons (Fsp3) is 0.909. The van der Waals surface area contributed by atoms with Gasteiger partial charge in [0.15, 0.2) is 0 Å². The van der Waals surface area contributed by atoms with Gasteiger partial charge >= 0.3 is 6.09 Å². The van der Waals surface area contributed by atoms with E-state index in [2.05, 4.69) is 5.43 Å². The number of carbonyl (C=O) groups excluding carboxylic acids is 1. The zero-order valence-corrected chi connectivity index (χ0v) is 10.5. The highest BCUT2D eigenvalue weighted by atomic mass is 16.6. The van der Waals surface area contributed by atoms with E-state index in [1.54, 1.807) is 4.90 Å². The van der Waals surface area contributed by atoms with E-state index in [1.165, 1.54) is 0 Å². The summed E-state index contributed by atoms with van der Waals surface area (Å²) in [6.07, 6.45) is 1.85. The number of likely N-dealkylation sites (tertiary alicyclic amines) is 1. The van der Waals surface area contributed by atoms with Crippen LogP contribution in [-0.2, 0) is 4.74 Å². The molecule has 0 saturated carbocycles. The molecule has 94 valence electrons. The number of nitrogens with zero attached hydrogens (tertiary/aromatic N) is 1. The maximum Gasteiger partial charge on any atom is 0.410 e. The van der Waals surface area contributed by atoms with Gasteiger partial charge in [0.25, 0.3) is 0 Å². The Kier molecular flexibility index (Phi) is 4.56. The van der Waals surface area contributed by atoms with Crippen molar-refractivity contribution in [3.63, 3.8) is 0 Å². The Hall–Kier alpha value is -0.810. The molecule has 1 atom stereocenters. The summed E-state index contributed by atoms with van der Waals surface area (Å²) in [7, 11) is 0. The summed E-state index contributed by atoms with van der Waals surface area (Å²) in [5.74, 6) is 5.77. The van der Waals surface area contributed by atoms with Crippen LogP contribution < -0.4 is 11.3 Å². The number of nitrogens with two attached hydrogens (primary N) is 1. The molecule has 0 bridgehead atoms. The van der Waals surface area contributed by atoms with E-state index in [1.807, 2.05) is 20.8 Å². The third kappa shape index (κ3) is 4.37. The molecule has 0 radical (unpaired) electrons. The molecule has 1 unspecified atom stereocenters. The minimum Gasteiger partial charge on any atom is -0.444 e. The van der Waals surface area contributed by atoms with Crippen molar-refractivity contribution in [1.82, 2.24) is 10.3 Å². The Labute approximate surface area is 97.3 Å². The highest BCUT2D eigenvalue weighted by Crippen LogP contribution is 2.21. The molecule has 1 rings (SSSR count).